The smallest absolute Gasteiger partial charge is 0.293 e. The Kier molecular flexibility index (Phi) is 14.1. The van der Waals surface area contributed by atoms with Gasteiger partial charge in [0.25, 0.3) is 5.69 Å². The molecule has 0 atom stereocenters. The standard InChI is InChI=1S/C34H48N6O5S/c1-36(2)22-12-24-39(25-13-23-37(3)4)34(41)27-38(5)46(44,45)30-18-19-32(33(26-30)40(42)43)35-21-20-31(28-14-8-6-9-15-28)29-16-10-7-11-17-29/h6-11,14-19,26,31,35H,12-13,20-25,27H2,1-5H3. The van der Waals surface area contributed by atoms with Gasteiger partial charge in [-0.3, -0.25) is 14.9 Å². The minimum Gasteiger partial charge on any atom is -0.379 e. The predicted octanol–water partition coefficient (Wildman–Crippen LogP) is 4.58. The molecule has 1 N–H and O–H groups in total. The van der Waals surface area contributed by atoms with Gasteiger partial charge in [0.15, 0.2) is 0 Å². The maximum Gasteiger partial charge on any atom is 0.293 e. The van der Waals surface area contributed by atoms with Gasteiger partial charge in [0.05, 0.1) is 16.4 Å². The van der Waals surface area contributed by atoms with Crippen LogP contribution in [0.1, 0.15) is 36.3 Å². The Balaban J connectivity index is 1.72. The second-order valence-electron chi connectivity index (χ2n) is 12.0. The quantitative estimate of drug-likeness (QED) is 0.148. The van der Waals surface area contributed by atoms with Gasteiger partial charge in [0.1, 0.15) is 5.69 Å². The molecule has 3 rings (SSSR count). The summed E-state index contributed by atoms with van der Waals surface area (Å²) < 4.78 is 28.0. The van der Waals surface area contributed by atoms with Crippen molar-refractivity contribution in [3.8, 4) is 0 Å². The molecule has 0 aromatic heterocycles. The van der Waals surface area contributed by atoms with Crippen LogP contribution >= 0.6 is 0 Å². The van der Waals surface area contributed by atoms with E-state index in [1.54, 1.807) is 4.90 Å². The van der Waals surface area contributed by atoms with E-state index in [1.807, 2.05) is 74.4 Å². The first-order valence-electron chi connectivity index (χ1n) is 15.6. The number of benzene rings is 3. The molecule has 3 aromatic carbocycles. The van der Waals surface area contributed by atoms with Gasteiger partial charge in [0, 0.05) is 38.7 Å². The maximum atomic E-state index is 13.5. The normalized spacial score (nSPS) is 11.8. The summed E-state index contributed by atoms with van der Waals surface area (Å²) in [6, 6.07) is 24.0. The summed E-state index contributed by atoms with van der Waals surface area (Å²) in [6.07, 6.45) is 2.18. The third kappa shape index (κ3) is 10.9. The molecule has 0 bridgehead atoms. The number of amides is 1. The molecule has 0 saturated heterocycles. The van der Waals surface area contributed by atoms with E-state index in [1.165, 1.54) is 19.2 Å². The molecule has 0 radical (unpaired) electrons. The lowest BCUT2D eigenvalue weighted by Gasteiger charge is -2.26. The minimum absolute atomic E-state index is 0.0742. The van der Waals surface area contributed by atoms with Gasteiger partial charge in [-0.25, -0.2) is 8.42 Å². The number of sulfonamides is 1. The Bertz CT molecular complexity index is 1450. The molecule has 3 aromatic rings. The first-order valence-corrected chi connectivity index (χ1v) is 17.0. The lowest BCUT2D eigenvalue weighted by Crippen LogP contribution is -2.43. The monoisotopic (exact) mass is 652 g/mol. The van der Waals surface area contributed by atoms with Gasteiger partial charge < -0.3 is 20.0 Å². The summed E-state index contributed by atoms with van der Waals surface area (Å²) >= 11 is 0. The second kappa shape index (κ2) is 17.7. The number of hydrogen-bond donors (Lipinski definition) is 1. The van der Waals surface area contributed by atoms with E-state index in [0.29, 0.717) is 26.1 Å². The van der Waals surface area contributed by atoms with E-state index in [0.717, 1.165) is 47.4 Å². The second-order valence-corrected chi connectivity index (χ2v) is 14.0. The third-order valence-electron chi connectivity index (χ3n) is 7.80. The van der Waals surface area contributed by atoms with Gasteiger partial charge >= 0.3 is 0 Å². The average molecular weight is 653 g/mol. The molecule has 0 aliphatic heterocycles. The topological polar surface area (TPSA) is 119 Å². The average Bonchev–Trinajstić information content (AvgIpc) is 3.02. The van der Waals surface area contributed by atoms with Crippen molar-refractivity contribution in [1.82, 2.24) is 19.0 Å². The van der Waals surface area contributed by atoms with Crippen molar-refractivity contribution in [2.45, 2.75) is 30.1 Å². The summed E-state index contributed by atoms with van der Waals surface area (Å²) in [7, 11) is 5.00. The fourth-order valence-electron chi connectivity index (χ4n) is 5.29. The van der Waals surface area contributed by atoms with E-state index >= 15 is 0 Å². The van der Waals surface area contributed by atoms with Crippen LogP contribution < -0.4 is 5.32 Å². The van der Waals surface area contributed by atoms with Crippen LogP contribution in [0.2, 0.25) is 0 Å². The number of hydrogen-bond acceptors (Lipinski definition) is 8. The zero-order chi connectivity index (χ0) is 33.7. The molecule has 11 nitrogen and oxygen atoms in total. The largest absolute Gasteiger partial charge is 0.379 e. The summed E-state index contributed by atoms with van der Waals surface area (Å²) in [6.45, 7) is 2.69. The Morgan fingerprint density at radius 2 is 1.33 bits per heavy atom. The minimum atomic E-state index is -4.18. The highest BCUT2D eigenvalue weighted by Crippen LogP contribution is 2.31. The summed E-state index contributed by atoms with van der Waals surface area (Å²) in [5.74, 6) is -0.229. The molecule has 12 heteroatoms. The first kappa shape index (κ1) is 36.6. The van der Waals surface area contributed by atoms with Crippen LogP contribution in [-0.2, 0) is 14.8 Å². The Labute approximate surface area is 274 Å². The van der Waals surface area contributed by atoms with E-state index < -0.39 is 14.9 Å². The fourth-order valence-corrected chi connectivity index (χ4v) is 6.43. The van der Waals surface area contributed by atoms with Crippen LogP contribution in [0.25, 0.3) is 0 Å². The van der Waals surface area contributed by atoms with E-state index in [-0.39, 0.29) is 34.6 Å². The van der Waals surface area contributed by atoms with Gasteiger partial charge in [0.2, 0.25) is 15.9 Å². The predicted molar refractivity (Wildman–Crippen MR) is 184 cm³/mol. The lowest BCUT2D eigenvalue weighted by atomic mass is 9.88. The number of nitro benzene ring substituents is 1. The summed E-state index contributed by atoms with van der Waals surface area (Å²) in [5.41, 5.74) is 2.16. The number of rotatable bonds is 19. The number of nitro groups is 1. The number of carbonyl (C=O) groups is 1. The Morgan fingerprint density at radius 3 is 1.80 bits per heavy atom. The van der Waals surface area contributed by atoms with Crippen molar-refractivity contribution < 1.29 is 18.1 Å². The van der Waals surface area contributed by atoms with Gasteiger partial charge in [-0.1, -0.05) is 60.7 Å². The fraction of sp³-hybridized carbons (Fsp3) is 0.441. The maximum absolute atomic E-state index is 13.5. The first-order chi connectivity index (χ1) is 21.9. The molecular formula is C34H48N6O5S. The van der Waals surface area contributed by atoms with E-state index in [4.69, 9.17) is 0 Å². The van der Waals surface area contributed by atoms with Crippen molar-refractivity contribution >= 4 is 27.3 Å². The SMILES string of the molecule is CN(C)CCCN(CCCN(C)C)C(=O)CN(C)S(=O)(=O)c1ccc(NCCC(c2ccccc2)c2ccccc2)c([N+](=O)[O-])c1. The number of carbonyl (C=O) groups excluding carboxylic acids is 1. The molecule has 0 spiro atoms. The molecule has 0 unspecified atom stereocenters. The number of nitrogens with zero attached hydrogens (tertiary/aromatic N) is 5. The molecule has 0 saturated carbocycles. The van der Waals surface area contributed by atoms with E-state index in [9.17, 15) is 23.3 Å². The highest BCUT2D eigenvalue weighted by atomic mass is 32.2. The number of likely N-dealkylation sites (N-methyl/N-ethyl adjacent to an activating group) is 1. The van der Waals surface area contributed by atoms with Crippen LogP contribution in [-0.4, -0.2) is 113 Å². The molecule has 0 heterocycles. The third-order valence-corrected chi connectivity index (χ3v) is 9.60. The van der Waals surface area contributed by atoms with Crippen LogP contribution in [0.4, 0.5) is 11.4 Å². The molecule has 0 aliphatic rings. The van der Waals surface area contributed by atoms with Crippen LogP contribution in [0.15, 0.2) is 83.8 Å². The van der Waals surface area contributed by atoms with Crippen molar-refractivity contribution in [2.24, 2.45) is 0 Å². The zero-order valence-corrected chi connectivity index (χ0v) is 28.4. The van der Waals surface area contributed by atoms with E-state index in [2.05, 4.69) is 29.6 Å². The molecule has 0 aliphatic carbocycles. The van der Waals surface area contributed by atoms with Crippen LogP contribution in [0.3, 0.4) is 0 Å². The van der Waals surface area contributed by atoms with Gasteiger partial charge in [-0.05, 0) is 83.8 Å². The number of anilines is 1. The van der Waals surface area contributed by atoms with Gasteiger partial charge in [-0.15, -0.1) is 0 Å². The van der Waals surface area contributed by atoms with Crippen molar-refractivity contribution in [3.05, 3.63) is 100 Å². The summed E-state index contributed by atoms with van der Waals surface area (Å²) in [4.78, 5) is 30.3. The van der Waals surface area contributed by atoms with Crippen molar-refractivity contribution in [2.75, 3.05) is 79.8 Å². The van der Waals surface area contributed by atoms with Crippen LogP contribution in [0.5, 0.6) is 0 Å². The summed E-state index contributed by atoms with van der Waals surface area (Å²) in [5, 5.41) is 15.2. The highest BCUT2D eigenvalue weighted by Gasteiger charge is 2.28. The van der Waals surface area contributed by atoms with Crippen LogP contribution in [0, 0.1) is 10.1 Å². The number of nitrogens with one attached hydrogen (secondary N) is 1. The van der Waals surface area contributed by atoms with Crippen molar-refractivity contribution in [3.63, 3.8) is 0 Å². The molecular weight excluding hydrogens is 604 g/mol. The zero-order valence-electron chi connectivity index (χ0n) is 27.6. The van der Waals surface area contributed by atoms with Gasteiger partial charge in [-0.2, -0.15) is 4.31 Å². The Morgan fingerprint density at radius 1 is 0.804 bits per heavy atom. The highest BCUT2D eigenvalue weighted by molar-refractivity contribution is 7.89. The lowest BCUT2D eigenvalue weighted by molar-refractivity contribution is -0.384. The Hall–Kier alpha value is -3.84. The van der Waals surface area contributed by atoms with Crippen molar-refractivity contribution in [1.29, 1.82) is 0 Å². The molecule has 0 fully saturated rings. The molecule has 46 heavy (non-hydrogen) atoms. The molecule has 1 amide bonds. The molecule has 250 valence electrons.